The number of carbonyl (C=O) groups is 3. The molecule has 1 fully saturated rings. The van der Waals surface area contributed by atoms with Crippen molar-refractivity contribution < 1.29 is 24.3 Å². The van der Waals surface area contributed by atoms with Gasteiger partial charge in [-0.25, -0.2) is 9.79 Å². The number of aliphatic carboxylic acids is 1. The van der Waals surface area contributed by atoms with Gasteiger partial charge in [0.1, 0.15) is 29.9 Å². The third-order valence-electron chi connectivity index (χ3n) is 5.43. The van der Waals surface area contributed by atoms with E-state index in [4.69, 9.17) is 22.0 Å². The molecule has 2 amide bonds. The van der Waals surface area contributed by atoms with E-state index in [1.54, 1.807) is 24.9 Å². The summed E-state index contributed by atoms with van der Waals surface area (Å²) in [7, 11) is 1.71. The first-order valence-corrected chi connectivity index (χ1v) is 13.6. The zero-order chi connectivity index (χ0) is 26.9. The number of fused-ring (bicyclic) bond motifs is 1. The number of nitrogens with two attached hydrogens (primary N) is 3. The number of hydrogen-bond acceptors (Lipinski definition) is 15. The molecule has 1 unspecified atom stereocenters. The number of anilines is 1. The molecule has 3 atom stereocenters. The molecule has 198 valence electrons. The highest BCUT2D eigenvalue weighted by atomic mass is 32.2. The molecule has 18 heteroatoms. The van der Waals surface area contributed by atoms with Gasteiger partial charge in [0.15, 0.2) is 11.1 Å². The van der Waals surface area contributed by atoms with Crippen LogP contribution >= 0.6 is 35.1 Å². The number of hydrogen-bond donors (Lipinski definition) is 5. The molecule has 0 aliphatic carbocycles. The van der Waals surface area contributed by atoms with Crippen LogP contribution in [0, 0.1) is 0 Å². The number of aliphatic imine (C=N–C) groups is 1. The van der Waals surface area contributed by atoms with Crippen molar-refractivity contribution in [1.82, 2.24) is 24.5 Å². The highest BCUT2D eigenvalue weighted by Crippen LogP contribution is 2.41. The minimum Gasteiger partial charge on any atom is -0.477 e. The molecule has 0 saturated carbocycles. The van der Waals surface area contributed by atoms with Gasteiger partial charge in [0.2, 0.25) is 11.5 Å². The van der Waals surface area contributed by atoms with Crippen molar-refractivity contribution in [2.45, 2.75) is 24.5 Å². The Morgan fingerprint density at radius 1 is 1.41 bits per heavy atom. The average Bonchev–Trinajstić information content (AvgIpc) is 3.29. The number of carboxylic acids is 1. The molecule has 1 aromatic rings. The van der Waals surface area contributed by atoms with Gasteiger partial charge in [-0.2, -0.15) is 9.36 Å². The number of nitrogens with zero attached hydrogens (tertiary/aromatic N) is 6. The minimum absolute atomic E-state index is 0.0370. The number of thioether (sulfide) groups is 2. The van der Waals surface area contributed by atoms with E-state index in [2.05, 4.69) is 24.8 Å². The monoisotopic (exact) mass is 568 g/mol. The van der Waals surface area contributed by atoms with Crippen LogP contribution in [0.25, 0.3) is 0 Å². The topological polar surface area (TPSA) is 228 Å². The Kier molecular flexibility index (Phi) is 7.90. The highest BCUT2D eigenvalue weighted by Gasteiger charge is 2.54. The molecule has 4 rings (SSSR count). The fraction of sp³-hybridized carbons (Fsp3) is 0.421. The fourth-order valence-corrected chi connectivity index (χ4v) is 6.39. The van der Waals surface area contributed by atoms with E-state index in [1.165, 1.54) is 28.4 Å². The van der Waals surface area contributed by atoms with E-state index in [9.17, 15) is 19.5 Å². The van der Waals surface area contributed by atoms with Crippen molar-refractivity contribution in [3.05, 3.63) is 28.2 Å². The predicted octanol–water partition coefficient (Wildman–Crippen LogP) is -1.28. The summed E-state index contributed by atoms with van der Waals surface area (Å²) in [5, 5.41) is 16.3. The summed E-state index contributed by atoms with van der Waals surface area (Å²) in [5.74, 6) is -1.73. The van der Waals surface area contributed by atoms with Gasteiger partial charge >= 0.3 is 5.97 Å². The number of carboxylic acid groups (broad SMARTS) is 1. The van der Waals surface area contributed by atoms with Crippen molar-refractivity contribution in [3.63, 3.8) is 0 Å². The fourth-order valence-electron chi connectivity index (χ4n) is 3.53. The Morgan fingerprint density at radius 2 is 2.16 bits per heavy atom. The highest BCUT2D eigenvalue weighted by molar-refractivity contribution is 8.03. The van der Waals surface area contributed by atoms with E-state index in [-0.39, 0.29) is 40.7 Å². The summed E-state index contributed by atoms with van der Waals surface area (Å²) < 4.78 is 3.97. The lowest BCUT2D eigenvalue weighted by atomic mass is 10.0. The first-order valence-electron chi connectivity index (χ1n) is 10.8. The Hall–Kier alpha value is -3.35. The van der Waals surface area contributed by atoms with Gasteiger partial charge in [-0.15, -0.1) is 23.5 Å². The molecule has 0 bridgehead atoms. The summed E-state index contributed by atoms with van der Waals surface area (Å²) in [6, 6.07) is -0.970. The Bertz CT molecular complexity index is 1240. The number of nitrogen functional groups attached to an aromatic ring is 1. The van der Waals surface area contributed by atoms with Crippen molar-refractivity contribution in [2.75, 3.05) is 30.9 Å². The maximum atomic E-state index is 13.0. The third-order valence-corrected chi connectivity index (χ3v) is 8.33. The zero-order valence-electron chi connectivity index (χ0n) is 19.7. The van der Waals surface area contributed by atoms with Crippen molar-refractivity contribution in [1.29, 1.82) is 0 Å². The molecule has 0 spiro atoms. The molecule has 0 aromatic carbocycles. The largest absolute Gasteiger partial charge is 0.477 e. The number of guanidine groups is 1. The minimum atomic E-state index is -1.24. The van der Waals surface area contributed by atoms with Gasteiger partial charge in [-0.3, -0.25) is 14.5 Å². The molecular weight excluding hydrogens is 544 g/mol. The zero-order valence-corrected chi connectivity index (χ0v) is 22.1. The van der Waals surface area contributed by atoms with Gasteiger partial charge in [-0.1, -0.05) is 5.16 Å². The van der Waals surface area contributed by atoms with E-state index < -0.39 is 35.4 Å². The van der Waals surface area contributed by atoms with Crippen molar-refractivity contribution in [2.24, 2.45) is 21.6 Å². The van der Waals surface area contributed by atoms with Gasteiger partial charge in [0.05, 0.1) is 5.03 Å². The standard InChI is InChI=1S/C19H24N10O5S3/c1-3-34-26-10(13-25-19(22)37-27-13)14(30)24-11-15(31)29-12(17(32)33)7(6-36-16(11)29)5-35-9-4-8(20)28(2)18(21)23-9/h4,8,11,16H,3,5-6,20H2,1-2H3,(H2,21,23)(H,24,30)(H,32,33)(H2,22,25,27)/b26-10-/t8?,11-,16-/m1/s1. The van der Waals surface area contributed by atoms with Crippen molar-refractivity contribution >= 4 is 69.6 Å². The molecule has 1 aromatic heterocycles. The van der Waals surface area contributed by atoms with E-state index in [0.717, 1.165) is 11.5 Å². The van der Waals surface area contributed by atoms with Crippen LogP contribution in [0.5, 0.6) is 0 Å². The van der Waals surface area contributed by atoms with Crippen LogP contribution in [0.4, 0.5) is 5.13 Å². The van der Waals surface area contributed by atoms with Gasteiger partial charge < -0.3 is 37.4 Å². The maximum Gasteiger partial charge on any atom is 0.352 e. The van der Waals surface area contributed by atoms with Crippen LogP contribution in [0.3, 0.4) is 0 Å². The predicted molar refractivity (Wildman–Crippen MR) is 140 cm³/mol. The molecular formula is C19H24N10O5S3. The number of aromatic nitrogens is 2. The van der Waals surface area contributed by atoms with Crippen LogP contribution in [-0.2, 0) is 19.2 Å². The SMILES string of the molecule is CCO/N=C(\C(=O)N[C@@H]1C(=O)N2C(C(=O)O)=C(CSC3=CC(N)N(C)C(N)=N3)CS[C@H]12)c1nsc(N)n1. The molecule has 8 N–H and O–H groups in total. The lowest BCUT2D eigenvalue weighted by molar-refractivity contribution is -0.150. The summed E-state index contributed by atoms with van der Waals surface area (Å²) in [6.07, 6.45) is 1.26. The van der Waals surface area contributed by atoms with Gasteiger partial charge in [0, 0.05) is 30.1 Å². The molecule has 4 heterocycles. The number of amides is 2. The Balaban J connectivity index is 1.48. The number of nitrogens with one attached hydrogen (secondary N) is 1. The quantitative estimate of drug-likeness (QED) is 0.133. The number of oxime groups is 1. The van der Waals surface area contributed by atoms with Crippen LogP contribution in [0.1, 0.15) is 12.7 Å². The Morgan fingerprint density at radius 3 is 2.78 bits per heavy atom. The summed E-state index contributed by atoms with van der Waals surface area (Å²) in [6.45, 7) is 1.87. The van der Waals surface area contributed by atoms with Crippen molar-refractivity contribution in [3.8, 4) is 0 Å². The molecule has 3 aliphatic rings. The summed E-state index contributed by atoms with van der Waals surface area (Å²) in [4.78, 5) is 54.0. The average molecular weight is 569 g/mol. The van der Waals surface area contributed by atoms with Crippen LogP contribution in [0.15, 0.2) is 32.5 Å². The normalized spacial score (nSPS) is 23.7. The third kappa shape index (κ3) is 5.36. The molecule has 3 aliphatic heterocycles. The smallest absolute Gasteiger partial charge is 0.352 e. The molecule has 37 heavy (non-hydrogen) atoms. The van der Waals surface area contributed by atoms with Crippen LogP contribution < -0.4 is 22.5 Å². The maximum absolute atomic E-state index is 13.0. The van der Waals surface area contributed by atoms with Crippen LogP contribution in [-0.4, -0.2) is 96.5 Å². The lowest BCUT2D eigenvalue weighted by Crippen LogP contribution is -2.71. The number of carbonyl (C=O) groups excluding carboxylic acids is 2. The summed E-state index contributed by atoms with van der Waals surface area (Å²) in [5.41, 5.74) is 17.7. The number of rotatable bonds is 9. The lowest BCUT2D eigenvalue weighted by Gasteiger charge is -2.49. The van der Waals surface area contributed by atoms with Gasteiger partial charge in [0.25, 0.3) is 11.8 Å². The second-order valence-corrected chi connectivity index (χ2v) is 10.7. The number of likely N-dealkylation sites (N-methyl/N-ethyl adjacent to an activating group) is 1. The van der Waals surface area contributed by atoms with Gasteiger partial charge in [-0.05, 0) is 18.6 Å². The molecule has 15 nitrogen and oxygen atoms in total. The molecule has 1 saturated heterocycles. The second kappa shape index (κ2) is 11.0. The Labute approximate surface area is 223 Å². The summed E-state index contributed by atoms with van der Waals surface area (Å²) >= 11 is 3.49. The molecule has 0 radical (unpaired) electrons. The van der Waals surface area contributed by atoms with E-state index in [0.29, 0.717) is 16.4 Å². The van der Waals surface area contributed by atoms with E-state index >= 15 is 0 Å². The van der Waals surface area contributed by atoms with Crippen LogP contribution in [0.2, 0.25) is 0 Å². The van der Waals surface area contributed by atoms with E-state index in [1.807, 2.05) is 0 Å². The second-order valence-electron chi connectivity index (χ2n) is 7.80. The first-order chi connectivity index (χ1) is 17.6. The first kappa shape index (κ1) is 26.7. The number of β-lactam (4-membered cyclic amide) rings is 1.